The topological polar surface area (TPSA) is 64.6 Å². The smallest absolute Gasteiger partial charge is 0.341 e. The number of hydrogen-bond acceptors (Lipinski definition) is 5. The van der Waals surface area contributed by atoms with Crippen molar-refractivity contribution >= 4 is 28.2 Å². The molecule has 170 valence electrons. The van der Waals surface area contributed by atoms with Crippen LogP contribution in [0, 0.1) is 5.41 Å². The van der Waals surface area contributed by atoms with Gasteiger partial charge in [-0.05, 0) is 54.4 Å². The minimum atomic E-state index is -0.428. The van der Waals surface area contributed by atoms with Crippen LogP contribution in [0.3, 0.4) is 0 Å². The molecule has 0 radical (unpaired) electrons. The van der Waals surface area contributed by atoms with Gasteiger partial charge in [-0.2, -0.15) is 0 Å². The zero-order valence-electron chi connectivity index (χ0n) is 19.8. The van der Waals surface area contributed by atoms with Crippen molar-refractivity contribution in [2.45, 2.75) is 66.7 Å². The number of carbonyl (C=O) groups is 2. The van der Waals surface area contributed by atoms with Gasteiger partial charge in [0, 0.05) is 4.88 Å². The lowest BCUT2D eigenvalue weighted by Gasteiger charge is -2.33. The van der Waals surface area contributed by atoms with Gasteiger partial charge >= 0.3 is 5.97 Å². The average Bonchev–Trinajstić information content (AvgIpc) is 3.08. The molecule has 0 aliphatic heterocycles. The number of ether oxygens (including phenoxy) is 2. The second-order valence-electron chi connectivity index (χ2n) is 9.51. The molecule has 2 aromatic rings. The fourth-order valence-electron chi connectivity index (χ4n) is 3.81. The highest BCUT2D eigenvalue weighted by atomic mass is 32.1. The number of carbonyl (C=O) groups excluding carboxylic acids is 2. The standard InChI is InChI=1S/C25H35NO4S/c1-8-19-14-20(23(28)29-9-2)22(31-19)26-21(27)15-30-18-12-10-17(11-13-18)25(6,7)16-24(3,4)5/h10-14H,8-9,15-16H2,1-7H3,(H,26,27). The van der Waals surface area contributed by atoms with Gasteiger partial charge in [-0.1, -0.05) is 53.7 Å². The summed E-state index contributed by atoms with van der Waals surface area (Å²) in [5.74, 6) is -0.105. The van der Waals surface area contributed by atoms with E-state index in [0.717, 1.165) is 17.7 Å². The van der Waals surface area contributed by atoms with E-state index in [2.05, 4.69) is 52.1 Å². The van der Waals surface area contributed by atoms with Gasteiger partial charge in [0.2, 0.25) is 0 Å². The zero-order valence-corrected chi connectivity index (χ0v) is 20.6. The first-order valence-electron chi connectivity index (χ1n) is 10.8. The van der Waals surface area contributed by atoms with E-state index in [-0.39, 0.29) is 30.0 Å². The number of aryl methyl sites for hydroxylation is 1. The summed E-state index contributed by atoms with van der Waals surface area (Å²) in [5, 5.41) is 3.29. The molecule has 0 aliphatic rings. The Morgan fingerprint density at radius 2 is 1.68 bits per heavy atom. The van der Waals surface area contributed by atoms with E-state index in [1.54, 1.807) is 13.0 Å². The van der Waals surface area contributed by atoms with Crippen molar-refractivity contribution < 1.29 is 19.1 Å². The molecule has 0 aliphatic carbocycles. The molecule has 0 unspecified atom stereocenters. The number of amides is 1. The zero-order chi connectivity index (χ0) is 23.2. The highest BCUT2D eigenvalue weighted by Crippen LogP contribution is 2.36. The van der Waals surface area contributed by atoms with Crippen molar-refractivity contribution in [2.75, 3.05) is 18.5 Å². The second kappa shape index (κ2) is 10.3. The van der Waals surface area contributed by atoms with Crippen molar-refractivity contribution in [1.82, 2.24) is 0 Å². The van der Waals surface area contributed by atoms with Crippen LogP contribution in [0.5, 0.6) is 5.75 Å². The van der Waals surface area contributed by atoms with E-state index < -0.39 is 5.97 Å². The molecule has 0 saturated heterocycles. The Hall–Kier alpha value is -2.34. The van der Waals surface area contributed by atoms with E-state index in [1.165, 1.54) is 16.9 Å². The molecule has 1 aromatic carbocycles. The Morgan fingerprint density at radius 1 is 1.03 bits per heavy atom. The molecule has 2 rings (SSSR count). The molecular formula is C25H35NO4S. The molecule has 31 heavy (non-hydrogen) atoms. The van der Waals surface area contributed by atoms with Gasteiger partial charge in [-0.3, -0.25) is 4.79 Å². The molecule has 1 N–H and O–H groups in total. The lowest BCUT2D eigenvalue weighted by molar-refractivity contribution is -0.118. The van der Waals surface area contributed by atoms with Crippen molar-refractivity contribution in [3.8, 4) is 5.75 Å². The number of esters is 1. The van der Waals surface area contributed by atoms with Gasteiger partial charge in [0.15, 0.2) is 6.61 Å². The molecule has 1 amide bonds. The molecule has 1 aromatic heterocycles. The third-order valence-electron chi connectivity index (χ3n) is 4.86. The van der Waals surface area contributed by atoms with Gasteiger partial charge in [-0.25, -0.2) is 4.79 Å². The number of hydrogen-bond donors (Lipinski definition) is 1. The number of rotatable bonds is 9. The maximum absolute atomic E-state index is 12.4. The first kappa shape index (κ1) is 24.9. The second-order valence-corrected chi connectivity index (χ2v) is 10.6. The van der Waals surface area contributed by atoms with E-state index in [0.29, 0.717) is 16.3 Å². The van der Waals surface area contributed by atoms with Crippen LogP contribution < -0.4 is 10.1 Å². The molecule has 5 nitrogen and oxygen atoms in total. The SMILES string of the molecule is CCOC(=O)c1cc(CC)sc1NC(=O)COc1ccc(C(C)(C)CC(C)(C)C)cc1. The van der Waals surface area contributed by atoms with E-state index in [1.807, 2.05) is 19.1 Å². The Morgan fingerprint density at radius 3 is 2.23 bits per heavy atom. The van der Waals surface area contributed by atoms with Crippen LogP contribution in [-0.4, -0.2) is 25.1 Å². The highest BCUT2D eigenvalue weighted by Gasteiger charge is 2.27. The fourth-order valence-corrected chi connectivity index (χ4v) is 4.81. The first-order valence-corrected chi connectivity index (χ1v) is 11.6. The number of thiophene rings is 1. The lowest BCUT2D eigenvalue weighted by atomic mass is 9.72. The predicted molar refractivity (Wildman–Crippen MR) is 127 cm³/mol. The molecule has 1 heterocycles. The molecule has 0 atom stereocenters. The van der Waals surface area contributed by atoms with Gasteiger partial charge in [0.25, 0.3) is 5.91 Å². The molecule has 0 spiro atoms. The number of benzene rings is 1. The quantitative estimate of drug-likeness (QED) is 0.466. The average molecular weight is 446 g/mol. The molecule has 0 bridgehead atoms. The number of nitrogens with one attached hydrogen (secondary N) is 1. The van der Waals surface area contributed by atoms with Crippen molar-refractivity contribution in [3.05, 3.63) is 46.3 Å². The van der Waals surface area contributed by atoms with Crippen LogP contribution in [0.1, 0.15) is 75.7 Å². The Labute approximate surface area is 190 Å². The Balaban J connectivity index is 1.99. The highest BCUT2D eigenvalue weighted by molar-refractivity contribution is 7.16. The van der Waals surface area contributed by atoms with Crippen LogP contribution in [-0.2, 0) is 21.4 Å². The molecule has 0 saturated carbocycles. The van der Waals surface area contributed by atoms with Crippen LogP contribution in [0.4, 0.5) is 5.00 Å². The Bertz CT molecular complexity index is 891. The van der Waals surface area contributed by atoms with Crippen molar-refractivity contribution in [3.63, 3.8) is 0 Å². The first-order chi connectivity index (χ1) is 14.4. The summed E-state index contributed by atoms with van der Waals surface area (Å²) >= 11 is 1.38. The molecule has 0 fully saturated rings. The summed E-state index contributed by atoms with van der Waals surface area (Å²) < 4.78 is 10.8. The largest absolute Gasteiger partial charge is 0.484 e. The predicted octanol–water partition coefficient (Wildman–Crippen LogP) is 6.22. The monoisotopic (exact) mass is 445 g/mol. The maximum atomic E-state index is 12.4. The normalized spacial score (nSPS) is 11.8. The lowest BCUT2D eigenvalue weighted by Crippen LogP contribution is -2.24. The summed E-state index contributed by atoms with van der Waals surface area (Å²) in [6.45, 7) is 15.1. The summed E-state index contributed by atoms with van der Waals surface area (Å²) in [7, 11) is 0. The fraction of sp³-hybridized carbons (Fsp3) is 0.520. The van der Waals surface area contributed by atoms with E-state index in [4.69, 9.17) is 9.47 Å². The maximum Gasteiger partial charge on any atom is 0.341 e. The summed E-state index contributed by atoms with van der Waals surface area (Å²) in [6.07, 6.45) is 1.84. The van der Waals surface area contributed by atoms with Gasteiger partial charge in [-0.15, -0.1) is 11.3 Å². The Kier molecular flexibility index (Phi) is 8.29. The van der Waals surface area contributed by atoms with Crippen LogP contribution in [0.2, 0.25) is 0 Å². The molecular weight excluding hydrogens is 410 g/mol. The van der Waals surface area contributed by atoms with Gasteiger partial charge in [0.1, 0.15) is 10.8 Å². The van der Waals surface area contributed by atoms with Gasteiger partial charge < -0.3 is 14.8 Å². The van der Waals surface area contributed by atoms with E-state index in [9.17, 15) is 9.59 Å². The number of anilines is 1. The third-order valence-corrected chi connectivity index (χ3v) is 6.05. The third kappa shape index (κ3) is 7.39. The summed E-state index contributed by atoms with van der Waals surface area (Å²) in [5.41, 5.74) is 1.92. The van der Waals surface area contributed by atoms with Crippen molar-refractivity contribution in [1.29, 1.82) is 0 Å². The summed E-state index contributed by atoms with van der Waals surface area (Å²) in [4.78, 5) is 25.6. The van der Waals surface area contributed by atoms with Crippen molar-refractivity contribution in [2.24, 2.45) is 5.41 Å². The minimum Gasteiger partial charge on any atom is -0.484 e. The van der Waals surface area contributed by atoms with Crippen LogP contribution in [0.15, 0.2) is 30.3 Å². The molecule has 6 heteroatoms. The summed E-state index contributed by atoms with van der Waals surface area (Å²) in [6, 6.07) is 9.70. The van der Waals surface area contributed by atoms with Crippen LogP contribution in [0.25, 0.3) is 0 Å². The van der Waals surface area contributed by atoms with Crippen LogP contribution >= 0.6 is 11.3 Å². The van der Waals surface area contributed by atoms with E-state index >= 15 is 0 Å². The minimum absolute atomic E-state index is 0.0494. The van der Waals surface area contributed by atoms with Gasteiger partial charge in [0.05, 0.1) is 12.2 Å².